The number of rotatable bonds is 3. The fraction of sp³-hybridized carbons (Fsp3) is 0.714. The van der Waals surface area contributed by atoms with Gasteiger partial charge in [-0.15, -0.1) is 0 Å². The first-order chi connectivity index (χ1) is 9.02. The molecule has 1 amide bonds. The lowest BCUT2D eigenvalue weighted by molar-refractivity contribution is 0.0691. The molecule has 5 nitrogen and oxygen atoms in total. The Balaban J connectivity index is 2.13. The largest absolute Gasteiger partial charge is 0.336 e. The van der Waals surface area contributed by atoms with Crippen LogP contribution in [0, 0.1) is 0 Å². The van der Waals surface area contributed by atoms with Crippen LogP contribution in [0.15, 0.2) is 6.07 Å². The third kappa shape index (κ3) is 2.97. The molecule has 1 atom stereocenters. The van der Waals surface area contributed by atoms with Crippen molar-refractivity contribution in [3.8, 4) is 0 Å². The molecule has 1 saturated heterocycles. The Morgan fingerprint density at radius 3 is 2.84 bits per heavy atom. The van der Waals surface area contributed by atoms with Crippen molar-refractivity contribution < 1.29 is 4.79 Å². The van der Waals surface area contributed by atoms with Crippen molar-refractivity contribution >= 4 is 5.91 Å². The van der Waals surface area contributed by atoms with Crippen LogP contribution in [-0.2, 0) is 7.05 Å². The monoisotopic (exact) mass is 264 g/mol. The SMILES string of the molecule is CN[C@H]1CCCN(C(=O)c2cc(C(C)C)n(C)n2)C1. The molecule has 2 heterocycles. The van der Waals surface area contributed by atoms with Crippen molar-refractivity contribution in [2.75, 3.05) is 20.1 Å². The Labute approximate surface area is 115 Å². The van der Waals surface area contributed by atoms with Gasteiger partial charge in [-0.2, -0.15) is 5.10 Å². The van der Waals surface area contributed by atoms with E-state index in [0.29, 0.717) is 17.7 Å². The summed E-state index contributed by atoms with van der Waals surface area (Å²) in [5.41, 5.74) is 1.67. The predicted molar refractivity (Wildman–Crippen MR) is 75.3 cm³/mol. The second-order valence-electron chi connectivity index (χ2n) is 5.61. The maximum absolute atomic E-state index is 12.5. The van der Waals surface area contributed by atoms with Crippen molar-refractivity contribution in [3.63, 3.8) is 0 Å². The zero-order chi connectivity index (χ0) is 14.0. The number of amides is 1. The Kier molecular flexibility index (Phi) is 4.24. The van der Waals surface area contributed by atoms with E-state index in [2.05, 4.69) is 24.3 Å². The highest BCUT2D eigenvalue weighted by Gasteiger charge is 2.25. The Bertz CT molecular complexity index is 452. The molecule has 0 aliphatic carbocycles. The molecule has 1 aliphatic heterocycles. The van der Waals surface area contributed by atoms with E-state index in [9.17, 15) is 4.79 Å². The van der Waals surface area contributed by atoms with Crippen LogP contribution in [0.3, 0.4) is 0 Å². The molecule has 0 unspecified atom stereocenters. The molecule has 2 rings (SSSR count). The number of likely N-dealkylation sites (N-methyl/N-ethyl adjacent to an activating group) is 1. The Morgan fingerprint density at radius 1 is 1.53 bits per heavy atom. The number of aromatic nitrogens is 2. The van der Waals surface area contributed by atoms with Gasteiger partial charge in [-0.05, 0) is 31.9 Å². The van der Waals surface area contributed by atoms with Crippen LogP contribution in [0.4, 0.5) is 0 Å². The van der Waals surface area contributed by atoms with Gasteiger partial charge in [-0.1, -0.05) is 13.8 Å². The lowest BCUT2D eigenvalue weighted by Crippen LogP contribution is -2.47. The van der Waals surface area contributed by atoms with E-state index >= 15 is 0 Å². The van der Waals surface area contributed by atoms with E-state index in [4.69, 9.17) is 0 Å². The van der Waals surface area contributed by atoms with Gasteiger partial charge in [0.05, 0.1) is 0 Å². The van der Waals surface area contributed by atoms with Gasteiger partial charge in [0.25, 0.3) is 5.91 Å². The number of hydrogen-bond donors (Lipinski definition) is 1. The molecule has 106 valence electrons. The highest BCUT2D eigenvalue weighted by Crippen LogP contribution is 2.18. The van der Waals surface area contributed by atoms with Crippen molar-refractivity contribution in [1.82, 2.24) is 20.0 Å². The second kappa shape index (κ2) is 5.74. The van der Waals surface area contributed by atoms with Crippen molar-refractivity contribution in [3.05, 3.63) is 17.5 Å². The quantitative estimate of drug-likeness (QED) is 0.897. The molecule has 1 aromatic rings. The summed E-state index contributed by atoms with van der Waals surface area (Å²) in [7, 11) is 3.86. The highest BCUT2D eigenvalue weighted by molar-refractivity contribution is 5.92. The average molecular weight is 264 g/mol. The highest BCUT2D eigenvalue weighted by atomic mass is 16.2. The van der Waals surface area contributed by atoms with Gasteiger partial charge < -0.3 is 10.2 Å². The van der Waals surface area contributed by atoms with Gasteiger partial charge in [0.1, 0.15) is 0 Å². The molecule has 0 spiro atoms. The van der Waals surface area contributed by atoms with Crippen molar-refractivity contribution in [2.24, 2.45) is 7.05 Å². The summed E-state index contributed by atoms with van der Waals surface area (Å²) in [6.45, 7) is 5.85. The molecule has 1 fully saturated rings. The fourth-order valence-electron chi connectivity index (χ4n) is 2.69. The number of piperidine rings is 1. The minimum absolute atomic E-state index is 0.0578. The van der Waals surface area contributed by atoms with E-state index < -0.39 is 0 Å². The number of aryl methyl sites for hydroxylation is 1. The zero-order valence-electron chi connectivity index (χ0n) is 12.3. The van der Waals surface area contributed by atoms with Gasteiger partial charge in [-0.3, -0.25) is 9.48 Å². The maximum Gasteiger partial charge on any atom is 0.274 e. The normalized spacial score (nSPS) is 20.1. The van der Waals surface area contributed by atoms with Crippen LogP contribution in [0.25, 0.3) is 0 Å². The molecular weight excluding hydrogens is 240 g/mol. The maximum atomic E-state index is 12.5. The van der Waals surface area contributed by atoms with E-state index in [-0.39, 0.29) is 5.91 Å². The third-order valence-electron chi connectivity index (χ3n) is 3.84. The third-order valence-corrected chi connectivity index (χ3v) is 3.84. The molecular formula is C14H24N4O. The van der Waals surface area contributed by atoms with Crippen LogP contribution in [0.5, 0.6) is 0 Å². The number of carbonyl (C=O) groups excluding carboxylic acids is 1. The van der Waals surface area contributed by atoms with Crippen LogP contribution >= 0.6 is 0 Å². The molecule has 0 saturated carbocycles. The summed E-state index contributed by atoms with van der Waals surface area (Å²) < 4.78 is 1.82. The first-order valence-corrected chi connectivity index (χ1v) is 7.03. The Morgan fingerprint density at radius 2 is 2.26 bits per heavy atom. The van der Waals surface area contributed by atoms with Crippen LogP contribution in [-0.4, -0.2) is 46.8 Å². The summed E-state index contributed by atoms with van der Waals surface area (Å²) in [6, 6.07) is 2.33. The van der Waals surface area contributed by atoms with Gasteiger partial charge in [0.15, 0.2) is 5.69 Å². The number of hydrogen-bond acceptors (Lipinski definition) is 3. The molecule has 0 aromatic carbocycles. The zero-order valence-corrected chi connectivity index (χ0v) is 12.3. The summed E-state index contributed by atoms with van der Waals surface area (Å²) in [4.78, 5) is 14.4. The topological polar surface area (TPSA) is 50.2 Å². The van der Waals surface area contributed by atoms with Gasteiger partial charge >= 0.3 is 0 Å². The number of likely N-dealkylation sites (tertiary alicyclic amines) is 1. The Hall–Kier alpha value is -1.36. The molecule has 1 aromatic heterocycles. The smallest absolute Gasteiger partial charge is 0.274 e. The van der Waals surface area contributed by atoms with Gasteiger partial charge in [-0.25, -0.2) is 0 Å². The van der Waals surface area contributed by atoms with Gasteiger partial charge in [0.2, 0.25) is 0 Å². The molecule has 0 bridgehead atoms. The number of nitrogens with one attached hydrogen (secondary N) is 1. The van der Waals surface area contributed by atoms with Crippen molar-refractivity contribution in [2.45, 2.75) is 38.6 Å². The molecule has 1 N–H and O–H groups in total. The van der Waals surface area contributed by atoms with Crippen LogP contribution in [0.1, 0.15) is 48.8 Å². The lowest BCUT2D eigenvalue weighted by atomic mass is 10.1. The van der Waals surface area contributed by atoms with E-state index in [0.717, 1.165) is 31.6 Å². The minimum Gasteiger partial charge on any atom is -0.336 e. The van der Waals surface area contributed by atoms with Crippen LogP contribution < -0.4 is 5.32 Å². The molecule has 0 radical (unpaired) electrons. The fourth-order valence-corrected chi connectivity index (χ4v) is 2.69. The summed E-state index contributed by atoms with van der Waals surface area (Å²) in [6.07, 6.45) is 2.20. The first-order valence-electron chi connectivity index (χ1n) is 7.03. The number of carbonyl (C=O) groups is 1. The summed E-state index contributed by atoms with van der Waals surface area (Å²) in [5, 5.41) is 7.62. The van der Waals surface area contributed by atoms with E-state index in [1.807, 2.05) is 29.7 Å². The standard InChI is InChI=1S/C14H24N4O/c1-10(2)13-8-12(16-17(13)4)14(19)18-7-5-6-11(9-18)15-3/h8,10-11,15H,5-7,9H2,1-4H3/t11-/m0/s1. The minimum atomic E-state index is 0.0578. The second-order valence-corrected chi connectivity index (χ2v) is 5.61. The first kappa shape index (κ1) is 14.1. The average Bonchev–Trinajstić information content (AvgIpc) is 2.80. The molecule has 1 aliphatic rings. The lowest BCUT2D eigenvalue weighted by Gasteiger charge is -2.32. The number of nitrogens with zero attached hydrogens (tertiary/aromatic N) is 3. The van der Waals surface area contributed by atoms with Crippen LogP contribution in [0.2, 0.25) is 0 Å². The molecule has 5 heteroatoms. The summed E-state index contributed by atoms with van der Waals surface area (Å²) >= 11 is 0. The summed E-state index contributed by atoms with van der Waals surface area (Å²) in [5.74, 6) is 0.438. The predicted octanol–water partition coefficient (Wildman–Crippen LogP) is 1.37. The van der Waals surface area contributed by atoms with E-state index in [1.54, 1.807) is 0 Å². The van der Waals surface area contributed by atoms with Gasteiger partial charge in [0, 0.05) is 31.9 Å². The molecule has 19 heavy (non-hydrogen) atoms. The van der Waals surface area contributed by atoms with Crippen molar-refractivity contribution in [1.29, 1.82) is 0 Å². The van der Waals surface area contributed by atoms with E-state index in [1.165, 1.54) is 0 Å².